The number of ether oxygens (including phenoxy) is 2. The first kappa shape index (κ1) is 21.8. The number of ketones is 1. The molecule has 0 aromatic rings. The number of methoxy groups -OCH3 is 1. The van der Waals surface area contributed by atoms with Gasteiger partial charge in [-0.25, -0.2) is 0 Å². The number of nitrogens with zero attached hydrogens (tertiary/aromatic N) is 1. The summed E-state index contributed by atoms with van der Waals surface area (Å²) in [4.78, 5) is 25.8. The van der Waals surface area contributed by atoms with Crippen LogP contribution in [0.1, 0.15) is 77.0 Å². The highest BCUT2D eigenvalue weighted by molar-refractivity contribution is 5.99. The molecule has 3 fully saturated rings. The van der Waals surface area contributed by atoms with Crippen LogP contribution in [0.5, 0.6) is 0 Å². The van der Waals surface area contributed by atoms with Crippen molar-refractivity contribution in [1.82, 2.24) is 4.90 Å². The van der Waals surface area contributed by atoms with Gasteiger partial charge in [0.05, 0.1) is 13.2 Å². The Labute approximate surface area is 170 Å². The molecule has 1 aliphatic heterocycles. The van der Waals surface area contributed by atoms with E-state index < -0.39 is 11.9 Å². The molecule has 0 amide bonds. The molecule has 0 aromatic heterocycles. The topological polar surface area (TPSA) is 55.8 Å². The highest BCUT2D eigenvalue weighted by atomic mass is 16.5. The standard InChI is InChI=1S/C23H39NO4/c1-27-23(26)21-17-24(14-12-22(21)25)13-5-15-28-20-10-8-19(9-11-20)16-18-6-3-2-4-7-18/h18-21H,2-17H2,1H3. The molecule has 28 heavy (non-hydrogen) atoms. The molecule has 0 radical (unpaired) electrons. The van der Waals surface area contributed by atoms with E-state index in [4.69, 9.17) is 9.47 Å². The Morgan fingerprint density at radius 2 is 1.75 bits per heavy atom. The summed E-state index contributed by atoms with van der Waals surface area (Å²) in [5, 5.41) is 0. The van der Waals surface area contributed by atoms with E-state index in [0.29, 0.717) is 19.1 Å². The lowest BCUT2D eigenvalue weighted by Crippen LogP contribution is -2.45. The van der Waals surface area contributed by atoms with Crippen molar-refractivity contribution in [3.05, 3.63) is 0 Å². The number of carbonyl (C=O) groups excluding carboxylic acids is 2. The van der Waals surface area contributed by atoms with E-state index in [2.05, 4.69) is 4.90 Å². The van der Waals surface area contributed by atoms with Crippen LogP contribution < -0.4 is 0 Å². The van der Waals surface area contributed by atoms with Crippen molar-refractivity contribution in [3.63, 3.8) is 0 Å². The second kappa shape index (κ2) is 11.3. The molecular weight excluding hydrogens is 354 g/mol. The smallest absolute Gasteiger partial charge is 0.317 e. The summed E-state index contributed by atoms with van der Waals surface area (Å²) in [6, 6.07) is 0. The largest absolute Gasteiger partial charge is 0.468 e. The molecule has 3 rings (SSSR count). The van der Waals surface area contributed by atoms with Gasteiger partial charge >= 0.3 is 5.97 Å². The van der Waals surface area contributed by atoms with E-state index in [9.17, 15) is 9.59 Å². The van der Waals surface area contributed by atoms with E-state index >= 15 is 0 Å². The van der Waals surface area contributed by atoms with Crippen LogP contribution >= 0.6 is 0 Å². The average molecular weight is 394 g/mol. The predicted octanol–water partition coefficient (Wildman–Crippen LogP) is 3.99. The fourth-order valence-electron chi connectivity index (χ4n) is 5.41. The maximum atomic E-state index is 11.9. The quantitative estimate of drug-likeness (QED) is 0.355. The Balaban J connectivity index is 1.26. The molecule has 0 N–H and O–H groups in total. The van der Waals surface area contributed by atoms with Crippen molar-refractivity contribution in [3.8, 4) is 0 Å². The van der Waals surface area contributed by atoms with E-state index in [-0.39, 0.29) is 5.78 Å². The molecule has 0 spiro atoms. The van der Waals surface area contributed by atoms with Gasteiger partial charge in [-0.3, -0.25) is 9.59 Å². The molecule has 2 aliphatic carbocycles. The zero-order valence-corrected chi connectivity index (χ0v) is 17.7. The highest BCUT2D eigenvalue weighted by Crippen LogP contribution is 2.35. The molecule has 160 valence electrons. The summed E-state index contributed by atoms with van der Waals surface area (Å²) < 4.78 is 10.9. The maximum absolute atomic E-state index is 11.9. The van der Waals surface area contributed by atoms with E-state index in [1.165, 1.54) is 71.3 Å². The first-order chi connectivity index (χ1) is 13.7. The minimum Gasteiger partial charge on any atom is -0.468 e. The monoisotopic (exact) mass is 393 g/mol. The summed E-state index contributed by atoms with van der Waals surface area (Å²) in [6.07, 6.45) is 15.7. The summed E-state index contributed by atoms with van der Waals surface area (Å²) >= 11 is 0. The molecule has 1 heterocycles. The third-order valence-corrected chi connectivity index (χ3v) is 7.15. The molecule has 5 heteroatoms. The summed E-state index contributed by atoms with van der Waals surface area (Å²) in [5.74, 6) is 0.963. The van der Waals surface area contributed by atoms with Gasteiger partial charge in [0.15, 0.2) is 0 Å². The molecular formula is C23H39NO4. The van der Waals surface area contributed by atoms with Crippen LogP contribution in [0.25, 0.3) is 0 Å². The van der Waals surface area contributed by atoms with E-state index in [1.807, 2.05) is 0 Å². The fraction of sp³-hybridized carbons (Fsp3) is 0.913. The van der Waals surface area contributed by atoms with Crippen LogP contribution in [0, 0.1) is 17.8 Å². The van der Waals surface area contributed by atoms with E-state index in [0.717, 1.165) is 38.0 Å². The van der Waals surface area contributed by atoms with Gasteiger partial charge in [0.2, 0.25) is 0 Å². The van der Waals surface area contributed by atoms with E-state index in [1.54, 1.807) is 0 Å². The van der Waals surface area contributed by atoms with Gasteiger partial charge in [-0.2, -0.15) is 0 Å². The van der Waals surface area contributed by atoms with Crippen LogP contribution in [-0.4, -0.2) is 56.1 Å². The minimum absolute atomic E-state index is 0.0179. The summed E-state index contributed by atoms with van der Waals surface area (Å²) in [7, 11) is 1.35. The van der Waals surface area contributed by atoms with Crippen LogP contribution in [0.3, 0.4) is 0 Å². The third kappa shape index (κ3) is 6.55. The van der Waals surface area contributed by atoms with Crippen molar-refractivity contribution in [2.45, 2.75) is 83.2 Å². The van der Waals surface area contributed by atoms with Gasteiger partial charge in [-0.1, -0.05) is 32.1 Å². The highest BCUT2D eigenvalue weighted by Gasteiger charge is 2.33. The fourth-order valence-corrected chi connectivity index (χ4v) is 5.41. The Hall–Kier alpha value is -0.940. The number of esters is 1. The second-order valence-electron chi connectivity index (χ2n) is 9.20. The predicted molar refractivity (Wildman–Crippen MR) is 109 cm³/mol. The zero-order valence-electron chi connectivity index (χ0n) is 17.7. The third-order valence-electron chi connectivity index (χ3n) is 7.15. The molecule has 0 bridgehead atoms. The summed E-state index contributed by atoms with van der Waals surface area (Å²) in [5.41, 5.74) is 0. The lowest BCUT2D eigenvalue weighted by atomic mass is 9.77. The molecule has 1 atom stereocenters. The average Bonchev–Trinajstić information content (AvgIpc) is 2.73. The molecule has 1 unspecified atom stereocenters. The molecule has 1 saturated heterocycles. The van der Waals surface area contributed by atoms with Gasteiger partial charge in [0, 0.05) is 32.7 Å². The Bertz CT molecular complexity index is 487. The van der Waals surface area contributed by atoms with Gasteiger partial charge in [-0.15, -0.1) is 0 Å². The first-order valence-electron chi connectivity index (χ1n) is 11.6. The van der Waals surface area contributed by atoms with Gasteiger partial charge in [-0.05, 0) is 50.4 Å². The Morgan fingerprint density at radius 3 is 2.46 bits per heavy atom. The normalized spacial score (nSPS) is 30.3. The Kier molecular flexibility index (Phi) is 8.78. The SMILES string of the molecule is COC(=O)C1CN(CCCOC2CCC(CC3CCCCC3)CC2)CCC1=O. The van der Waals surface area contributed by atoms with Gasteiger partial charge < -0.3 is 14.4 Å². The lowest BCUT2D eigenvalue weighted by Gasteiger charge is -2.33. The Morgan fingerprint density at radius 1 is 1.04 bits per heavy atom. The number of rotatable bonds is 8. The zero-order chi connectivity index (χ0) is 19.8. The van der Waals surface area contributed by atoms with Gasteiger partial charge in [0.25, 0.3) is 0 Å². The number of Topliss-reactive ketones (excluding diaryl/α,β-unsaturated/α-hetero) is 1. The van der Waals surface area contributed by atoms with Crippen LogP contribution in [0.2, 0.25) is 0 Å². The van der Waals surface area contributed by atoms with Crippen LogP contribution in [0.15, 0.2) is 0 Å². The van der Waals surface area contributed by atoms with Crippen LogP contribution in [-0.2, 0) is 19.1 Å². The second-order valence-corrected chi connectivity index (χ2v) is 9.20. The minimum atomic E-state index is -0.598. The van der Waals surface area contributed by atoms with Crippen molar-refractivity contribution in [2.75, 3.05) is 33.4 Å². The number of carbonyl (C=O) groups is 2. The maximum Gasteiger partial charge on any atom is 0.317 e. The van der Waals surface area contributed by atoms with Crippen molar-refractivity contribution in [1.29, 1.82) is 0 Å². The number of likely N-dealkylation sites (tertiary alicyclic amines) is 1. The molecule has 3 aliphatic rings. The summed E-state index contributed by atoms with van der Waals surface area (Å²) in [6.45, 7) is 2.92. The lowest BCUT2D eigenvalue weighted by molar-refractivity contribution is -0.151. The van der Waals surface area contributed by atoms with Crippen molar-refractivity contribution in [2.24, 2.45) is 17.8 Å². The van der Waals surface area contributed by atoms with Crippen molar-refractivity contribution >= 4 is 11.8 Å². The molecule has 5 nitrogen and oxygen atoms in total. The van der Waals surface area contributed by atoms with Crippen LogP contribution in [0.4, 0.5) is 0 Å². The number of piperidine rings is 1. The van der Waals surface area contributed by atoms with Gasteiger partial charge in [0.1, 0.15) is 11.7 Å². The molecule has 2 saturated carbocycles. The first-order valence-corrected chi connectivity index (χ1v) is 11.6. The number of hydrogen-bond acceptors (Lipinski definition) is 5. The van der Waals surface area contributed by atoms with Crippen molar-refractivity contribution < 1.29 is 19.1 Å². The number of hydrogen-bond donors (Lipinski definition) is 0. The molecule has 0 aromatic carbocycles.